The normalized spacial score (nSPS) is 26.4. The Bertz CT molecular complexity index is 158. The van der Waals surface area contributed by atoms with Crippen LogP contribution in [0.3, 0.4) is 0 Å². The fourth-order valence-electron chi connectivity index (χ4n) is 1.17. The van der Waals surface area contributed by atoms with Gasteiger partial charge in [-0.3, -0.25) is 4.55 Å². The van der Waals surface area contributed by atoms with Crippen molar-refractivity contribution in [1.82, 2.24) is 10.1 Å². The first-order valence-electron chi connectivity index (χ1n) is 3.56. The fraction of sp³-hybridized carbons (Fsp3) is 1.00. The van der Waals surface area contributed by atoms with E-state index in [0.29, 0.717) is 4.59 Å². The maximum atomic E-state index is 10.4. The van der Waals surface area contributed by atoms with E-state index in [-0.39, 0.29) is 0 Å². The molecule has 1 atom stereocenters. The molecular formula is C5H14N3O2S+. The van der Waals surface area contributed by atoms with Crippen molar-refractivity contribution in [2.24, 2.45) is 0 Å². The highest BCUT2D eigenvalue weighted by Crippen LogP contribution is 1.99. The van der Waals surface area contributed by atoms with E-state index in [4.69, 9.17) is 4.55 Å². The third kappa shape index (κ3) is 2.84. The number of likely N-dealkylation sites (N-methyl/N-ethyl adjacent to an activating group) is 1. The molecule has 6 heteroatoms. The van der Waals surface area contributed by atoms with E-state index in [2.05, 4.69) is 10.1 Å². The second-order valence-corrected chi connectivity index (χ2v) is 3.61. The van der Waals surface area contributed by atoms with Gasteiger partial charge in [0.25, 0.3) is 11.3 Å². The van der Waals surface area contributed by atoms with Crippen LogP contribution in [0.15, 0.2) is 0 Å². The van der Waals surface area contributed by atoms with Crippen LogP contribution in [0.1, 0.15) is 0 Å². The van der Waals surface area contributed by atoms with Crippen molar-refractivity contribution < 1.29 is 13.4 Å². The summed E-state index contributed by atoms with van der Waals surface area (Å²) in [5, 5.41) is 3.18. The fourth-order valence-corrected chi connectivity index (χ4v) is 1.73. The van der Waals surface area contributed by atoms with Crippen LogP contribution in [0.2, 0.25) is 0 Å². The van der Waals surface area contributed by atoms with Gasteiger partial charge in [0, 0.05) is 13.1 Å². The molecule has 0 aromatic carbocycles. The number of nitrogens with zero attached hydrogens (tertiary/aromatic N) is 1. The van der Waals surface area contributed by atoms with Crippen LogP contribution in [0.25, 0.3) is 0 Å². The Kier molecular flexibility index (Phi) is 2.97. The van der Waals surface area contributed by atoms with Crippen LogP contribution in [0.5, 0.6) is 0 Å². The van der Waals surface area contributed by atoms with Crippen LogP contribution >= 0.6 is 0 Å². The van der Waals surface area contributed by atoms with Crippen molar-refractivity contribution in [2.45, 2.75) is 0 Å². The molecule has 1 aliphatic heterocycles. The topological polar surface area (TPSA) is 61.4 Å². The van der Waals surface area contributed by atoms with Crippen LogP contribution < -0.4 is 10.1 Å². The Morgan fingerprint density at radius 2 is 2.09 bits per heavy atom. The van der Waals surface area contributed by atoms with Crippen molar-refractivity contribution in [3.63, 3.8) is 0 Å². The first-order valence-corrected chi connectivity index (χ1v) is 4.67. The second-order valence-electron chi connectivity index (χ2n) is 2.93. The molecule has 5 nitrogen and oxygen atoms in total. The molecule has 0 aromatic rings. The minimum absolute atomic E-state index is 0.468. The zero-order valence-corrected chi connectivity index (χ0v) is 7.36. The molecule has 0 spiro atoms. The van der Waals surface area contributed by atoms with Crippen LogP contribution in [-0.2, 0) is 11.3 Å². The summed E-state index contributed by atoms with van der Waals surface area (Å²) in [5.41, 5.74) is 0. The van der Waals surface area contributed by atoms with Crippen LogP contribution in [0, 0.1) is 0 Å². The monoisotopic (exact) mass is 180 g/mol. The lowest BCUT2D eigenvalue weighted by atomic mass is 10.4. The highest BCUT2D eigenvalue weighted by Gasteiger charge is 2.26. The first kappa shape index (κ1) is 9.08. The van der Waals surface area contributed by atoms with Gasteiger partial charge in [-0.1, -0.05) is 4.83 Å². The number of quaternary nitrogens is 1. The van der Waals surface area contributed by atoms with E-state index in [0.717, 1.165) is 26.2 Å². The van der Waals surface area contributed by atoms with E-state index in [1.807, 2.05) is 7.05 Å². The highest BCUT2D eigenvalue weighted by atomic mass is 32.2. The third-order valence-electron chi connectivity index (χ3n) is 1.86. The molecule has 1 unspecified atom stereocenters. The molecule has 0 radical (unpaired) electrons. The van der Waals surface area contributed by atoms with E-state index in [1.54, 1.807) is 0 Å². The van der Waals surface area contributed by atoms with Gasteiger partial charge in [0.2, 0.25) is 0 Å². The van der Waals surface area contributed by atoms with Gasteiger partial charge in [-0.25, -0.2) is 8.80 Å². The average molecular weight is 180 g/mol. The molecule has 0 bridgehead atoms. The van der Waals surface area contributed by atoms with Gasteiger partial charge < -0.3 is 5.32 Å². The lowest BCUT2D eigenvalue weighted by Gasteiger charge is -2.35. The predicted octanol–water partition coefficient (Wildman–Crippen LogP) is -1.32. The molecule has 1 saturated heterocycles. The summed E-state index contributed by atoms with van der Waals surface area (Å²) in [5.74, 6) is 0. The second kappa shape index (κ2) is 3.59. The van der Waals surface area contributed by atoms with Crippen molar-refractivity contribution >= 4 is 11.3 Å². The standard InChI is InChI=1S/C5H13N3O2S/c1-8(7-11(9)10)4-2-6-3-5-8/h6-7H,2-5H2,1H3/p+1. The van der Waals surface area contributed by atoms with Crippen molar-refractivity contribution in [2.75, 3.05) is 33.2 Å². The van der Waals surface area contributed by atoms with Gasteiger partial charge in [0.05, 0.1) is 7.05 Å². The molecule has 11 heavy (non-hydrogen) atoms. The first-order chi connectivity index (χ1) is 5.12. The van der Waals surface area contributed by atoms with Crippen LogP contribution in [-0.4, -0.2) is 46.6 Å². The summed E-state index contributed by atoms with van der Waals surface area (Å²) >= 11 is -1.91. The number of rotatable bonds is 2. The van der Waals surface area contributed by atoms with E-state index >= 15 is 0 Å². The molecule has 1 rings (SSSR count). The van der Waals surface area contributed by atoms with Gasteiger partial charge in [0.1, 0.15) is 13.1 Å². The third-order valence-corrected chi connectivity index (χ3v) is 2.46. The maximum Gasteiger partial charge on any atom is 0.279 e. The summed E-state index contributed by atoms with van der Waals surface area (Å²) in [6.45, 7) is 3.46. The molecule has 1 aliphatic rings. The van der Waals surface area contributed by atoms with Crippen LogP contribution in [0.4, 0.5) is 0 Å². The lowest BCUT2D eigenvalue weighted by Crippen LogP contribution is -2.63. The Morgan fingerprint density at radius 1 is 1.55 bits per heavy atom. The van der Waals surface area contributed by atoms with E-state index < -0.39 is 11.3 Å². The summed E-state index contributed by atoms with van der Waals surface area (Å²) in [4.78, 5) is 2.58. The Labute approximate surface area is 68.7 Å². The lowest BCUT2D eigenvalue weighted by molar-refractivity contribution is -0.939. The van der Waals surface area contributed by atoms with Crippen molar-refractivity contribution in [1.29, 1.82) is 0 Å². The predicted molar refractivity (Wildman–Crippen MR) is 42.7 cm³/mol. The van der Waals surface area contributed by atoms with Gasteiger partial charge in [-0.15, -0.1) is 0 Å². The van der Waals surface area contributed by atoms with Crippen molar-refractivity contribution in [3.05, 3.63) is 0 Å². The molecule has 66 valence electrons. The zero-order valence-electron chi connectivity index (χ0n) is 6.54. The number of nitrogens with one attached hydrogen (secondary N) is 2. The Morgan fingerprint density at radius 3 is 2.55 bits per heavy atom. The molecule has 0 amide bonds. The number of piperazine rings is 1. The minimum atomic E-state index is -1.91. The Balaban J connectivity index is 2.43. The number of hydrogen-bond acceptors (Lipinski definition) is 2. The zero-order chi connectivity index (χ0) is 8.32. The summed E-state index contributed by atoms with van der Waals surface area (Å²) in [6, 6.07) is 0. The Hall–Kier alpha value is -0.0100. The molecular weight excluding hydrogens is 166 g/mol. The van der Waals surface area contributed by atoms with Crippen molar-refractivity contribution in [3.8, 4) is 0 Å². The molecule has 1 heterocycles. The van der Waals surface area contributed by atoms with E-state index in [9.17, 15) is 4.21 Å². The highest BCUT2D eigenvalue weighted by molar-refractivity contribution is 7.76. The smallest absolute Gasteiger partial charge is 0.279 e. The van der Waals surface area contributed by atoms with Gasteiger partial charge in [-0.2, -0.15) is 0 Å². The quantitative estimate of drug-likeness (QED) is 0.365. The van der Waals surface area contributed by atoms with E-state index in [1.165, 1.54) is 0 Å². The van der Waals surface area contributed by atoms with Gasteiger partial charge in [-0.05, 0) is 0 Å². The van der Waals surface area contributed by atoms with Gasteiger partial charge >= 0.3 is 0 Å². The minimum Gasteiger partial charge on any atom is -0.306 e. The molecule has 0 saturated carbocycles. The molecule has 3 N–H and O–H groups in total. The van der Waals surface area contributed by atoms with Gasteiger partial charge in [0.15, 0.2) is 0 Å². The molecule has 1 fully saturated rings. The largest absolute Gasteiger partial charge is 0.306 e. The molecule has 0 aromatic heterocycles. The SMILES string of the molecule is C[N+]1(NS(=O)O)CCNCC1. The number of hydrogen-bond donors (Lipinski definition) is 3. The summed E-state index contributed by atoms with van der Waals surface area (Å²) in [7, 11) is 1.91. The summed E-state index contributed by atoms with van der Waals surface area (Å²) < 4.78 is 19.5. The summed E-state index contributed by atoms with van der Waals surface area (Å²) in [6.07, 6.45) is 0. The molecule has 0 aliphatic carbocycles. The average Bonchev–Trinajstić information content (AvgIpc) is 1.85. The maximum absolute atomic E-state index is 10.4.